The van der Waals surface area contributed by atoms with E-state index in [1.54, 1.807) is 0 Å². The maximum Gasteiger partial charge on any atom is 0.224 e. The third-order valence-corrected chi connectivity index (χ3v) is 4.71. The standard InChI is InChI=1S/C17H24N2O2/c1-18(16-7-6-14-4-2-3-5-15(14)16)17(20)8-9-19-10-12-21-13-11-19/h2-5,16H,6-13H2,1H3. The SMILES string of the molecule is CN(C(=O)CCN1CCOCC1)C1CCc2ccccc21. The van der Waals surface area contributed by atoms with Gasteiger partial charge in [-0.2, -0.15) is 0 Å². The number of carbonyl (C=O) groups is 1. The minimum Gasteiger partial charge on any atom is -0.379 e. The second kappa shape index (κ2) is 6.58. The fourth-order valence-corrected chi connectivity index (χ4v) is 3.37. The van der Waals surface area contributed by atoms with Gasteiger partial charge in [-0.05, 0) is 24.0 Å². The number of carbonyl (C=O) groups excluding carboxylic acids is 1. The number of ether oxygens (including phenoxy) is 1. The van der Waals surface area contributed by atoms with Crippen LogP contribution in [-0.4, -0.2) is 55.6 Å². The molecule has 0 spiro atoms. The number of benzene rings is 1. The molecule has 2 aliphatic rings. The average Bonchev–Trinajstić information content (AvgIpc) is 2.97. The fraction of sp³-hybridized carbons (Fsp3) is 0.588. The first-order valence-corrected chi connectivity index (χ1v) is 7.89. The van der Waals surface area contributed by atoms with Gasteiger partial charge >= 0.3 is 0 Å². The minimum absolute atomic E-state index is 0.253. The van der Waals surface area contributed by atoms with E-state index in [4.69, 9.17) is 4.74 Å². The molecule has 21 heavy (non-hydrogen) atoms. The number of rotatable bonds is 4. The van der Waals surface area contributed by atoms with Crippen LogP contribution in [0.2, 0.25) is 0 Å². The summed E-state index contributed by atoms with van der Waals surface area (Å²) in [4.78, 5) is 16.7. The van der Waals surface area contributed by atoms with Crippen LogP contribution in [0.15, 0.2) is 24.3 Å². The fourth-order valence-electron chi connectivity index (χ4n) is 3.37. The molecule has 1 aliphatic heterocycles. The van der Waals surface area contributed by atoms with E-state index in [0.29, 0.717) is 6.42 Å². The quantitative estimate of drug-likeness (QED) is 0.848. The maximum atomic E-state index is 12.5. The summed E-state index contributed by atoms with van der Waals surface area (Å²) in [5.74, 6) is 0.253. The monoisotopic (exact) mass is 288 g/mol. The highest BCUT2D eigenvalue weighted by Crippen LogP contribution is 2.34. The Balaban J connectivity index is 1.55. The van der Waals surface area contributed by atoms with Crippen molar-refractivity contribution in [1.82, 2.24) is 9.80 Å². The third kappa shape index (κ3) is 3.27. The number of fused-ring (bicyclic) bond motifs is 1. The van der Waals surface area contributed by atoms with E-state index in [-0.39, 0.29) is 11.9 Å². The highest BCUT2D eigenvalue weighted by atomic mass is 16.5. The number of hydrogen-bond acceptors (Lipinski definition) is 3. The molecule has 1 unspecified atom stereocenters. The van der Waals surface area contributed by atoms with Crippen LogP contribution in [0, 0.1) is 0 Å². The maximum absolute atomic E-state index is 12.5. The lowest BCUT2D eigenvalue weighted by molar-refractivity contribution is -0.132. The van der Waals surface area contributed by atoms with Crippen molar-refractivity contribution in [2.75, 3.05) is 39.9 Å². The van der Waals surface area contributed by atoms with Gasteiger partial charge in [-0.15, -0.1) is 0 Å². The van der Waals surface area contributed by atoms with Gasteiger partial charge in [0.1, 0.15) is 0 Å². The first-order chi connectivity index (χ1) is 10.3. The minimum atomic E-state index is 0.253. The van der Waals surface area contributed by atoms with Crippen molar-refractivity contribution >= 4 is 5.91 Å². The molecule has 0 saturated carbocycles. The highest BCUT2D eigenvalue weighted by molar-refractivity contribution is 5.76. The van der Waals surface area contributed by atoms with Gasteiger partial charge in [0.05, 0.1) is 19.3 Å². The lowest BCUT2D eigenvalue weighted by Crippen LogP contribution is -2.39. The predicted octanol–water partition coefficient (Wildman–Crippen LogP) is 1.85. The van der Waals surface area contributed by atoms with Crippen LogP contribution in [-0.2, 0) is 16.0 Å². The number of amides is 1. The number of morpholine rings is 1. The van der Waals surface area contributed by atoms with Crippen LogP contribution in [0.1, 0.15) is 30.0 Å². The van der Waals surface area contributed by atoms with Crippen LogP contribution in [0.5, 0.6) is 0 Å². The van der Waals surface area contributed by atoms with Gasteiger partial charge < -0.3 is 9.64 Å². The van der Waals surface area contributed by atoms with Gasteiger partial charge in [-0.3, -0.25) is 9.69 Å². The summed E-state index contributed by atoms with van der Waals surface area (Å²) >= 11 is 0. The Labute approximate surface area is 126 Å². The normalized spacial score (nSPS) is 22.0. The zero-order chi connectivity index (χ0) is 14.7. The van der Waals surface area contributed by atoms with Crippen molar-refractivity contribution in [3.05, 3.63) is 35.4 Å². The van der Waals surface area contributed by atoms with Crippen molar-refractivity contribution in [2.45, 2.75) is 25.3 Å². The van der Waals surface area contributed by atoms with Gasteiger partial charge in [0.25, 0.3) is 0 Å². The lowest BCUT2D eigenvalue weighted by Gasteiger charge is -2.29. The van der Waals surface area contributed by atoms with Crippen molar-refractivity contribution in [2.24, 2.45) is 0 Å². The lowest BCUT2D eigenvalue weighted by atomic mass is 10.1. The molecule has 0 radical (unpaired) electrons. The zero-order valence-corrected chi connectivity index (χ0v) is 12.8. The van der Waals surface area contributed by atoms with Crippen LogP contribution in [0.25, 0.3) is 0 Å². The van der Waals surface area contributed by atoms with Crippen LogP contribution >= 0.6 is 0 Å². The van der Waals surface area contributed by atoms with E-state index >= 15 is 0 Å². The van der Waals surface area contributed by atoms with E-state index in [2.05, 4.69) is 29.2 Å². The highest BCUT2D eigenvalue weighted by Gasteiger charge is 2.28. The molecule has 3 rings (SSSR count). The van der Waals surface area contributed by atoms with Gasteiger partial charge in [0.2, 0.25) is 5.91 Å². The van der Waals surface area contributed by atoms with Crippen LogP contribution in [0.3, 0.4) is 0 Å². The van der Waals surface area contributed by atoms with Crippen molar-refractivity contribution in [3.63, 3.8) is 0 Å². The topological polar surface area (TPSA) is 32.8 Å². The molecule has 114 valence electrons. The molecule has 1 saturated heterocycles. The second-order valence-electron chi connectivity index (χ2n) is 5.96. The molecule has 1 aromatic rings. The van der Waals surface area contributed by atoms with E-state index in [1.807, 2.05) is 11.9 Å². The van der Waals surface area contributed by atoms with Gasteiger partial charge in [-0.25, -0.2) is 0 Å². The third-order valence-electron chi connectivity index (χ3n) is 4.71. The van der Waals surface area contributed by atoms with E-state index < -0.39 is 0 Å². The molecular formula is C17H24N2O2. The Morgan fingerprint density at radius 2 is 2.10 bits per heavy atom. The summed E-state index contributed by atoms with van der Waals surface area (Å²) in [7, 11) is 1.95. The van der Waals surface area contributed by atoms with Gasteiger partial charge in [-0.1, -0.05) is 24.3 Å². The molecule has 4 nitrogen and oxygen atoms in total. The molecular weight excluding hydrogens is 264 g/mol. The molecule has 0 N–H and O–H groups in total. The Morgan fingerprint density at radius 1 is 1.33 bits per heavy atom. The first kappa shape index (κ1) is 14.5. The molecule has 1 fully saturated rings. The molecule has 1 heterocycles. The van der Waals surface area contributed by atoms with Gasteiger partial charge in [0.15, 0.2) is 0 Å². The summed E-state index contributed by atoms with van der Waals surface area (Å²) < 4.78 is 5.34. The summed E-state index contributed by atoms with van der Waals surface area (Å²) in [5.41, 5.74) is 2.73. The molecule has 1 atom stereocenters. The number of nitrogens with zero attached hydrogens (tertiary/aromatic N) is 2. The van der Waals surface area contributed by atoms with Crippen molar-refractivity contribution < 1.29 is 9.53 Å². The Hall–Kier alpha value is -1.39. The molecule has 1 aromatic carbocycles. The van der Waals surface area contributed by atoms with Crippen LogP contribution < -0.4 is 0 Å². The second-order valence-corrected chi connectivity index (χ2v) is 5.96. The Bertz CT molecular complexity index is 497. The van der Waals surface area contributed by atoms with E-state index in [1.165, 1.54) is 11.1 Å². The largest absolute Gasteiger partial charge is 0.379 e. The zero-order valence-electron chi connectivity index (χ0n) is 12.8. The number of aryl methyl sites for hydroxylation is 1. The Morgan fingerprint density at radius 3 is 2.90 bits per heavy atom. The molecule has 4 heteroatoms. The summed E-state index contributed by atoms with van der Waals surface area (Å²) in [6.45, 7) is 4.33. The summed E-state index contributed by atoms with van der Waals surface area (Å²) in [5, 5.41) is 0. The average molecular weight is 288 g/mol. The van der Waals surface area contributed by atoms with Crippen LogP contribution in [0.4, 0.5) is 0 Å². The summed E-state index contributed by atoms with van der Waals surface area (Å²) in [6.07, 6.45) is 2.75. The van der Waals surface area contributed by atoms with E-state index in [0.717, 1.165) is 45.7 Å². The number of hydrogen-bond donors (Lipinski definition) is 0. The molecule has 1 aliphatic carbocycles. The predicted molar refractivity (Wildman–Crippen MR) is 82.2 cm³/mol. The first-order valence-electron chi connectivity index (χ1n) is 7.89. The molecule has 0 aromatic heterocycles. The van der Waals surface area contributed by atoms with Crippen molar-refractivity contribution in [1.29, 1.82) is 0 Å². The van der Waals surface area contributed by atoms with E-state index in [9.17, 15) is 4.79 Å². The Kier molecular flexibility index (Phi) is 4.56. The smallest absolute Gasteiger partial charge is 0.224 e. The molecule has 1 amide bonds. The van der Waals surface area contributed by atoms with Gasteiger partial charge in [0, 0.05) is 33.1 Å². The van der Waals surface area contributed by atoms with Crippen molar-refractivity contribution in [3.8, 4) is 0 Å². The molecule has 0 bridgehead atoms. The summed E-state index contributed by atoms with van der Waals surface area (Å²) in [6, 6.07) is 8.77.